The van der Waals surface area contributed by atoms with Crippen LogP contribution in [-0.2, 0) is 21.4 Å². The third kappa shape index (κ3) is 5.41. The molecule has 41 heavy (non-hydrogen) atoms. The number of sulfonamides is 1. The van der Waals surface area contributed by atoms with E-state index in [9.17, 15) is 23.1 Å². The molecule has 0 spiro atoms. The minimum absolute atomic E-state index is 0.0553. The minimum Gasteiger partial charge on any atom is -0.479 e. The first kappa shape index (κ1) is 28.3. The van der Waals surface area contributed by atoms with Gasteiger partial charge in [0.15, 0.2) is 11.5 Å². The van der Waals surface area contributed by atoms with Crippen molar-refractivity contribution >= 4 is 21.9 Å². The van der Waals surface area contributed by atoms with Gasteiger partial charge in [-0.3, -0.25) is 10.1 Å². The van der Waals surface area contributed by atoms with Gasteiger partial charge in [-0.25, -0.2) is 13.2 Å². The second-order valence-electron chi connectivity index (χ2n) is 9.81. The van der Waals surface area contributed by atoms with Crippen LogP contribution in [0.15, 0.2) is 83.8 Å². The normalized spacial score (nSPS) is 17.5. The van der Waals surface area contributed by atoms with Crippen molar-refractivity contribution in [3.05, 3.63) is 84.4 Å². The molecule has 1 atom stereocenters. The van der Waals surface area contributed by atoms with Gasteiger partial charge in [-0.2, -0.15) is 8.99 Å². The van der Waals surface area contributed by atoms with E-state index >= 15 is 0 Å². The van der Waals surface area contributed by atoms with Gasteiger partial charge in [-0.15, -0.1) is 5.10 Å². The SMILES string of the molecule is CCCC(=O)n1nnnc1-c1ccccc1-c1ccc(CNC2(C(=O)O)CCCN2S(=O)(=O)c2ccccc2)cc1. The number of carboxylic acid groups (broad SMARTS) is 1. The quantitative estimate of drug-likeness (QED) is 0.270. The molecule has 212 valence electrons. The number of hydrogen-bond acceptors (Lipinski definition) is 8. The third-order valence-electron chi connectivity index (χ3n) is 7.20. The lowest BCUT2D eigenvalue weighted by atomic mass is 9.98. The van der Waals surface area contributed by atoms with Crippen LogP contribution in [0.25, 0.3) is 22.5 Å². The molecule has 1 aliphatic heterocycles. The molecule has 0 aliphatic carbocycles. The maximum absolute atomic E-state index is 13.4. The number of nitrogens with zero attached hydrogens (tertiary/aromatic N) is 5. The fourth-order valence-corrected chi connectivity index (χ4v) is 6.90. The predicted molar refractivity (Wildman–Crippen MR) is 151 cm³/mol. The Morgan fingerprint density at radius 2 is 1.66 bits per heavy atom. The average Bonchev–Trinajstić information content (AvgIpc) is 3.66. The van der Waals surface area contributed by atoms with Crippen LogP contribution in [0, 0.1) is 0 Å². The van der Waals surface area contributed by atoms with Crippen molar-refractivity contribution in [2.75, 3.05) is 6.54 Å². The van der Waals surface area contributed by atoms with Gasteiger partial charge in [0.2, 0.25) is 15.9 Å². The summed E-state index contributed by atoms with van der Waals surface area (Å²) in [5.74, 6) is -1.07. The zero-order valence-electron chi connectivity index (χ0n) is 22.5. The molecule has 0 bridgehead atoms. The fourth-order valence-electron chi connectivity index (χ4n) is 5.13. The maximum atomic E-state index is 13.4. The van der Waals surface area contributed by atoms with E-state index in [4.69, 9.17) is 0 Å². The standard InChI is InChI=1S/C29H30N6O5S/c1-2-9-26(36)35-27(31-32-33-35)25-13-7-6-12-24(25)22-16-14-21(15-17-22)20-30-29(28(37)38)18-8-19-34(29)41(39,40)23-10-4-3-5-11-23/h3-7,10-17,30H,2,8-9,18-20H2,1H3,(H,37,38). The Labute approximate surface area is 237 Å². The molecule has 1 aromatic heterocycles. The monoisotopic (exact) mass is 574 g/mol. The number of hydrogen-bond donors (Lipinski definition) is 2. The summed E-state index contributed by atoms with van der Waals surface area (Å²) in [5, 5.41) is 25.0. The third-order valence-corrected chi connectivity index (χ3v) is 9.14. The predicted octanol–water partition coefficient (Wildman–Crippen LogP) is 3.80. The van der Waals surface area contributed by atoms with Crippen LogP contribution in [-0.4, -0.2) is 62.1 Å². The van der Waals surface area contributed by atoms with Crippen molar-refractivity contribution in [1.29, 1.82) is 0 Å². The molecule has 12 heteroatoms. The summed E-state index contributed by atoms with van der Waals surface area (Å²) in [5.41, 5.74) is 1.39. The molecule has 3 aromatic carbocycles. The Hall–Kier alpha value is -4.26. The van der Waals surface area contributed by atoms with E-state index in [1.54, 1.807) is 18.2 Å². The molecular weight excluding hydrogens is 544 g/mol. The van der Waals surface area contributed by atoms with Gasteiger partial charge >= 0.3 is 5.97 Å². The van der Waals surface area contributed by atoms with Crippen molar-refractivity contribution in [3.63, 3.8) is 0 Å². The van der Waals surface area contributed by atoms with E-state index < -0.39 is 21.7 Å². The molecule has 1 unspecified atom stereocenters. The first-order valence-corrected chi connectivity index (χ1v) is 14.8. The molecule has 1 fully saturated rings. The van der Waals surface area contributed by atoms with Crippen molar-refractivity contribution in [2.45, 2.75) is 49.7 Å². The summed E-state index contributed by atoms with van der Waals surface area (Å²) in [7, 11) is -4.03. The highest BCUT2D eigenvalue weighted by molar-refractivity contribution is 7.89. The lowest BCUT2D eigenvalue weighted by Gasteiger charge is -2.34. The molecule has 1 saturated heterocycles. The fraction of sp³-hybridized carbons (Fsp3) is 0.276. The summed E-state index contributed by atoms with van der Waals surface area (Å²) < 4.78 is 29.1. The van der Waals surface area contributed by atoms with Crippen LogP contribution < -0.4 is 5.32 Å². The van der Waals surface area contributed by atoms with Gasteiger partial charge in [0.05, 0.1) is 4.90 Å². The number of carbonyl (C=O) groups excluding carboxylic acids is 1. The first-order chi connectivity index (χ1) is 19.8. The number of benzene rings is 3. The van der Waals surface area contributed by atoms with Gasteiger partial charge < -0.3 is 5.11 Å². The Bertz CT molecular complexity index is 1660. The van der Waals surface area contributed by atoms with Crippen LogP contribution in [0.5, 0.6) is 0 Å². The second-order valence-corrected chi connectivity index (χ2v) is 11.7. The molecule has 0 saturated carbocycles. The van der Waals surface area contributed by atoms with E-state index in [1.807, 2.05) is 55.5 Å². The number of aliphatic carboxylic acids is 1. The number of carbonyl (C=O) groups is 2. The molecule has 1 aliphatic rings. The molecule has 5 rings (SSSR count). The Morgan fingerprint density at radius 3 is 2.34 bits per heavy atom. The smallest absolute Gasteiger partial charge is 0.340 e. The van der Waals surface area contributed by atoms with Crippen molar-refractivity contribution in [1.82, 2.24) is 29.8 Å². The largest absolute Gasteiger partial charge is 0.479 e. The highest BCUT2D eigenvalue weighted by Crippen LogP contribution is 2.34. The van der Waals surface area contributed by atoms with Crippen LogP contribution >= 0.6 is 0 Å². The molecule has 11 nitrogen and oxygen atoms in total. The van der Waals surface area contributed by atoms with E-state index in [1.165, 1.54) is 16.8 Å². The highest BCUT2D eigenvalue weighted by atomic mass is 32.2. The van der Waals surface area contributed by atoms with E-state index in [2.05, 4.69) is 20.8 Å². The first-order valence-electron chi connectivity index (χ1n) is 13.3. The molecule has 2 N–H and O–H groups in total. The number of nitrogens with one attached hydrogen (secondary N) is 1. The van der Waals surface area contributed by atoms with E-state index in [0.717, 1.165) is 21.0 Å². The zero-order valence-corrected chi connectivity index (χ0v) is 23.3. The molecule has 0 amide bonds. The summed E-state index contributed by atoms with van der Waals surface area (Å²) in [6.45, 7) is 2.16. The highest BCUT2D eigenvalue weighted by Gasteiger charge is 2.53. The summed E-state index contributed by atoms with van der Waals surface area (Å²) in [6, 6.07) is 22.8. The molecule has 0 radical (unpaired) electrons. The topological polar surface area (TPSA) is 147 Å². The average molecular weight is 575 g/mol. The minimum atomic E-state index is -4.03. The summed E-state index contributed by atoms with van der Waals surface area (Å²) >= 11 is 0. The maximum Gasteiger partial charge on any atom is 0.340 e. The molecular formula is C29H30N6O5S. The Kier molecular flexibility index (Phi) is 8.06. The molecule has 4 aromatic rings. The van der Waals surface area contributed by atoms with Crippen LogP contribution in [0.1, 0.15) is 43.0 Å². The van der Waals surface area contributed by atoms with E-state index in [-0.39, 0.29) is 30.3 Å². The van der Waals surface area contributed by atoms with Crippen LogP contribution in [0.2, 0.25) is 0 Å². The Morgan fingerprint density at radius 1 is 0.976 bits per heavy atom. The van der Waals surface area contributed by atoms with E-state index in [0.29, 0.717) is 30.7 Å². The lowest BCUT2D eigenvalue weighted by molar-refractivity contribution is -0.149. The lowest BCUT2D eigenvalue weighted by Crippen LogP contribution is -2.62. The van der Waals surface area contributed by atoms with Gasteiger partial charge in [-0.1, -0.05) is 73.7 Å². The zero-order chi connectivity index (χ0) is 29.0. The summed E-state index contributed by atoms with van der Waals surface area (Å²) in [6.07, 6.45) is 1.56. The van der Waals surface area contributed by atoms with Gasteiger partial charge in [0, 0.05) is 25.1 Å². The van der Waals surface area contributed by atoms with Crippen LogP contribution in [0.3, 0.4) is 0 Å². The van der Waals surface area contributed by atoms with Crippen molar-refractivity contribution in [2.24, 2.45) is 0 Å². The molecule has 2 heterocycles. The van der Waals surface area contributed by atoms with Crippen molar-refractivity contribution in [3.8, 4) is 22.5 Å². The van der Waals surface area contributed by atoms with Crippen molar-refractivity contribution < 1.29 is 23.1 Å². The Balaban J connectivity index is 1.39. The van der Waals surface area contributed by atoms with Gasteiger partial charge in [0.1, 0.15) is 0 Å². The number of tetrazole rings is 1. The van der Waals surface area contributed by atoms with Gasteiger partial charge in [-0.05, 0) is 58.5 Å². The van der Waals surface area contributed by atoms with Gasteiger partial charge in [0.25, 0.3) is 0 Å². The number of carboxylic acids is 1. The number of aromatic nitrogens is 4. The number of rotatable bonds is 10. The second kappa shape index (κ2) is 11.7. The van der Waals surface area contributed by atoms with Crippen LogP contribution in [0.4, 0.5) is 0 Å². The summed E-state index contributed by atoms with van der Waals surface area (Å²) in [4.78, 5) is 25.1.